The molecule has 3 rings (SSSR count). The van der Waals surface area contributed by atoms with Crippen LogP contribution in [0.4, 0.5) is 5.95 Å². The number of nitrogens with zero attached hydrogens (tertiary/aromatic N) is 4. The molecular formula is C23H32N6O8P+. The van der Waals surface area contributed by atoms with Gasteiger partial charge in [-0.1, -0.05) is 35.4 Å². The Morgan fingerprint density at radius 3 is 2.55 bits per heavy atom. The fourth-order valence-electron chi connectivity index (χ4n) is 3.58. The smallest absolute Gasteiger partial charge is 0.479 e. The van der Waals surface area contributed by atoms with Crippen molar-refractivity contribution in [2.24, 2.45) is 0 Å². The Morgan fingerprint density at radius 2 is 1.92 bits per heavy atom. The monoisotopic (exact) mass is 551 g/mol. The van der Waals surface area contributed by atoms with Gasteiger partial charge in [-0.3, -0.25) is 4.57 Å². The maximum atomic E-state index is 12.8. The molecule has 0 spiro atoms. The second kappa shape index (κ2) is 13.5. The molecule has 6 atom stereocenters. The van der Waals surface area contributed by atoms with Gasteiger partial charge in [0.25, 0.3) is 0 Å². The number of nitrogen functional groups attached to an aromatic ring is 1. The minimum absolute atomic E-state index is 0.0372. The summed E-state index contributed by atoms with van der Waals surface area (Å²) in [4.78, 5) is 24.9. The zero-order valence-electron chi connectivity index (χ0n) is 21.4. The van der Waals surface area contributed by atoms with Crippen molar-refractivity contribution in [3.8, 4) is 5.88 Å². The number of methoxy groups -OCH3 is 1. The first-order chi connectivity index (χ1) is 18.2. The molecule has 38 heavy (non-hydrogen) atoms. The maximum Gasteiger partial charge on any atom is 0.614 e. The number of rotatable bonds is 14. The third-order valence-corrected chi connectivity index (χ3v) is 6.34. The molecule has 0 saturated heterocycles. The highest BCUT2D eigenvalue weighted by atomic mass is 31.1. The molecule has 0 aliphatic carbocycles. The Bertz CT molecular complexity index is 1230. The van der Waals surface area contributed by atoms with E-state index < -0.39 is 51.3 Å². The van der Waals surface area contributed by atoms with E-state index >= 15 is 0 Å². The van der Waals surface area contributed by atoms with Gasteiger partial charge in [0.1, 0.15) is 25.0 Å². The number of carbonyl (C=O) groups is 1. The summed E-state index contributed by atoms with van der Waals surface area (Å²) in [6, 6.07) is 7.57. The van der Waals surface area contributed by atoms with E-state index in [2.05, 4.69) is 20.0 Å². The number of hydrogen-bond acceptors (Lipinski definition) is 12. The third kappa shape index (κ3) is 7.19. The van der Waals surface area contributed by atoms with Crippen molar-refractivity contribution in [1.82, 2.24) is 24.6 Å². The van der Waals surface area contributed by atoms with Crippen molar-refractivity contribution < 1.29 is 38.3 Å². The number of fused-ring (bicyclic) bond motifs is 1. The van der Waals surface area contributed by atoms with Crippen molar-refractivity contribution >= 4 is 31.3 Å². The highest BCUT2D eigenvalue weighted by Gasteiger charge is 2.36. The number of anilines is 1. The summed E-state index contributed by atoms with van der Waals surface area (Å²) in [6.07, 6.45) is -3.09. The van der Waals surface area contributed by atoms with E-state index in [1.54, 1.807) is 44.2 Å². The molecule has 14 nitrogen and oxygen atoms in total. The zero-order chi connectivity index (χ0) is 27.8. The van der Waals surface area contributed by atoms with Crippen molar-refractivity contribution in [2.75, 3.05) is 26.1 Å². The van der Waals surface area contributed by atoms with Gasteiger partial charge < -0.3 is 30.2 Å². The van der Waals surface area contributed by atoms with Crippen molar-refractivity contribution in [2.45, 2.75) is 51.4 Å². The van der Waals surface area contributed by atoms with Crippen LogP contribution >= 0.6 is 8.18 Å². The molecule has 0 saturated carbocycles. The van der Waals surface area contributed by atoms with E-state index in [9.17, 15) is 19.6 Å². The van der Waals surface area contributed by atoms with E-state index in [0.29, 0.717) is 16.7 Å². The first kappa shape index (κ1) is 29.3. The van der Waals surface area contributed by atoms with Crippen molar-refractivity contribution in [1.29, 1.82) is 0 Å². The van der Waals surface area contributed by atoms with Gasteiger partial charge in [0.15, 0.2) is 17.2 Å². The Hall–Kier alpha value is -3.26. The molecule has 6 unspecified atom stereocenters. The number of esters is 1. The molecule has 0 amide bonds. The van der Waals surface area contributed by atoms with E-state index in [4.69, 9.17) is 24.5 Å². The Kier molecular flexibility index (Phi) is 10.4. The number of imidazole rings is 1. The molecule has 0 bridgehead atoms. The molecule has 15 heteroatoms. The van der Waals surface area contributed by atoms with Crippen molar-refractivity contribution in [3.05, 3.63) is 42.2 Å². The summed E-state index contributed by atoms with van der Waals surface area (Å²) in [5.74, 6) is -0.482. The van der Waals surface area contributed by atoms with Crippen LogP contribution in [0.2, 0.25) is 0 Å². The maximum absolute atomic E-state index is 12.8. The summed E-state index contributed by atoms with van der Waals surface area (Å²) in [6.45, 7) is 4.44. The number of benzene rings is 1. The molecule has 0 aliphatic rings. The van der Waals surface area contributed by atoms with Gasteiger partial charge >= 0.3 is 14.1 Å². The molecule has 5 N–H and O–H groups in total. The average molecular weight is 552 g/mol. The van der Waals surface area contributed by atoms with E-state index in [0.717, 1.165) is 0 Å². The SMILES string of the molecule is CCOC(=O)C(N[P+](=O)OCC(OC(C)n1cnc2c(OC)nc(N)nc21)C(O)C(C)O)c1ccccc1. The molecular weight excluding hydrogens is 519 g/mol. The lowest BCUT2D eigenvalue weighted by Gasteiger charge is -2.27. The molecule has 1 aromatic carbocycles. The lowest BCUT2D eigenvalue weighted by Crippen LogP contribution is -2.41. The van der Waals surface area contributed by atoms with Crippen LogP contribution in [0.1, 0.15) is 38.6 Å². The van der Waals surface area contributed by atoms with Gasteiger partial charge in [-0.25, -0.2) is 9.78 Å². The van der Waals surface area contributed by atoms with E-state index in [1.165, 1.54) is 24.9 Å². The predicted octanol–water partition coefficient (Wildman–Crippen LogP) is 1.63. The summed E-state index contributed by atoms with van der Waals surface area (Å²) >= 11 is 0. The van der Waals surface area contributed by atoms with Crippen LogP contribution in [0, 0.1) is 0 Å². The van der Waals surface area contributed by atoms with E-state index in [1.807, 2.05) is 0 Å². The second-order valence-corrected chi connectivity index (χ2v) is 9.23. The number of carbonyl (C=O) groups excluding carboxylic acids is 1. The first-order valence-corrected chi connectivity index (χ1v) is 13.0. The lowest BCUT2D eigenvalue weighted by molar-refractivity contribution is -0.145. The number of nitrogens with two attached hydrogens (primary N) is 1. The Balaban J connectivity index is 1.74. The molecule has 2 aromatic heterocycles. The Labute approximate surface area is 220 Å². The molecule has 0 fully saturated rings. The topological polar surface area (TPSA) is 193 Å². The number of ether oxygens (including phenoxy) is 3. The van der Waals surface area contributed by atoms with Gasteiger partial charge in [-0.05, 0) is 30.9 Å². The molecule has 2 heterocycles. The number of nitrogens with one attached hydrogen (secondary N) is 1. The highest BCUT2D eigenvalue weighted by molar-refractivity contribution is 7.36. The van der Waals surface area contributed by atoms with Crippen LogP contribution in [-0.4, -0.2) is 74.3 Å². The van der Waals surface area contributed by atoms with Crippen LogP contribution in [0.15, 0.2) is 36.7 Å². The fraction of sp³-hybridized carbons (Fsp3) is 0.478. The van der Waals surface area contributed by atoms with Crippen LogP contribution in [0.5, 0.6) is 5.88 Å². The van der Waals surface area contributed by atoms with Gasteiger partial charge in [0.05, 0.1) is 26.1 Å². The largest absolute Gasteiger partial charge is 0.614 e. The quantitative estimate of drug-likeness (QED) is 0.167. The van der Waals surface area contributed by atoms with Gasteiger partial charge in [-0.15, -0.1) is 4.52 Å². The van der Waals surface area contributed by atoms with Crippen molar-refractivity contribution in [3.63, 3.8) is 0 Å². The Morgan fingerprint density at radius 1 is 1.21 bits per heavy atom. The second-order valence-electron chi connectivity index (χ2n) is 8.20. The van der Waals surface area contributed by atoms with Crippen LogP contribution in [0.25, 0.3) is 11.2 Å². The normalized spacial score (nSPS) is 15.9. The van der Waals surface area contributed by atoms with Crippen LogP contribution in [-0.2, 0) is 23.4 Å². The molecule has 206 valence electrons. The van der Waals surface area contributed by atoms with Gasteiger partial charge in [0, 0.05) is 0 Å². The summed E-state index contributed by atoms with van der Waals surface area (Å²) in [5.41, 5.74) is 6.97. The summed E-state index contributed by atoms with van der Waals surface area (Å²) in [7, 11) is -1.20. The summed E-state index contributed by atoms with van der Waals surface area (Å²) in [5, 5.41) is 23.2. The van der Waals surface area contributed by atoms with Gasteiger partial charge in [-0.2, -0.15) is 9.97 Å². The number of aliphatic hydroxyl groups is 2. The third-order valence-electron chi connectivity index (χ3n) is 5.48. The average Bonchev–Trinajstić information content (AvgIpc) is 3.33. The van der Waals surface area contributed by atoms with E-state index in [-0.39, 0.29) is 18.4 Å². The fourth-order valence-corrected chi connectivity index (χ4v) is 4.40. The first-order valence-electron chi connectivity index (χ1n) is 11.8. The zero-order valence-corrected chi connectivity index (χ0v) is 22.3. The molecule has 3 aromatic rings. The number of hydrogen-bond donors (Lipinski definition) is 4. The van der Waals surface area contributed by atoms with Gasteiger partial charge in [0.2, 0.25) is 11.8 Å². The van der Waals surface area contributed by atoms with Crippen LogP contribution in [0.3, 0.4) is 0 Å². The summed E-state index contributed by atoms with van der Waals surface area (Å²) < 4.78 is 36.0. The molecule has 0 radical (unpaired) electrons. The molecule has 0 aliphatic heterocycles. The van der Waals surface area contributed by atoms with Crippen LogP contribution < -0.4 is 15.6 Å². The lowest BCUT2D eigenvalue weighted by atomic mass is 10.1. The predicted molar refractivity (Wildman–Crippen MR) is 136 cm³/mol. The highest BCUT2D eigenvalue weighted by Crippen LogP contribution is 2.29. The standard InChI is InChI=1S/C23H32N6O8P/c1-5-35-22(32)17(15-9-7-6-8-10-15)28-38(33)36-11-16(19(31)13(2)30)37-14(3)29-12-25-18-20(29)26-23(24)27-21(18)34-4/h6-10,12-14,16-17,19,30-31H,5,11H2,1-4H3,(H,28,33)(H2,24,26,27)/q+1. The minimum atomic E-state index is -2.62. The minimum Gasteiger partial charge on any atom is -0.479 e. The number of aliphatic hydroxyl groups excluding tert-OH is 2. The number of aromatic nitrogens is 4.